The summed E-state index contributed by atoms with van der Waals surface area (Å²) in [7, 11) is 1.64. The molecular formula is C18H32ClIN4O. The van der Waals surface area contributed by atoms with E-state index in [1.807, 2.05) is 18.2 Å². The number of benzene rings is 1. The van der Waals surface area contributed by atoms with Crippen LogP contribution >= 0.6 is 35.6 Å². The lowest BCUT2D eigenvalue weighted by Crippen LogP contribution is -2.40. The van der Waals surface area contributed by atoms with Crippen LogP contribution in [0.4, 0.5) is 0 Å². The minimum atomic E-state index is 0. The molecule has 0 aliphatic rings. The Morgan fingerprint density at radius 2 is 1.92 bits per heavy atom. The molecule has 1 rings (SSSR count). The molecule has 5 nitrogen and oxygen atoms in total. The highest BCUT2D eigenvalue weighted by Crippen LogP contribution is 2.22. The predicted molar refractivity (Wildman–Crippen MR) is 119 cm³/mol. The first-order valence-electron chi connectivity index (χ1n) is 8.45. The summed E-state index contributed by atoms with van der Waals surface area (Å²) in [5, 5.41) is 10.8. The zero-order valence-electron chi connectivity index (χ0n) is 15.9. The Kier molecular flexibility index (Phi) is 12.2. The van der Waals surface area contributed by atoms with Crippen LogP contribution in [0.5, 0.6) is 5.75 Å². The van der Waals surface area contributed by atoms with Gasteiger partial charge in [0.25, 0.3) is 0 Å². The normalized spacial score (nSPS) is 11.7. The lowest BCUT2D eigenvalue weighted by atomic mass is 10.1. The number of aliphatic imine (C=N–C) groups is 1. The molecular weight excluding hydrogens is 451 g/mol. The lowest BCUT2D eigenvalue weighted by molar-refractivity contribution is 0.414. The molecule has 7 heteroatoms. The van der Waals surface area contributed by atoms with E-state index in [4.69, 9.17) is 16.3 Å². The van der Waals surface area contributed by atoms with Crippen LogP contribution in [0.3, 0.4) is 0 Å². The number of halogens is 2. The van der Waals surface area contributed by atoms with E-state index in [0.717, 1.165) is 54.9 Å². The third kappa shape index (κ3) is 10.8. The molecule has 3 N–H and O–H groups in total. The first-order chi connectivity index (χ1) is 11.4. The molecule has 0 heterocycles. The smallest absolute Gasteiger partial charge is 0.191 e. The summed E-state index contributed by atoms with van der Waals surface area (Å²) in [6.07, 6.45) is 0.827. The number of hydrogen-bond acceptors (Lipinski definition) is 3. The van der Waals surface area contributed by atoms with Gasteiger partial charge in [-0.05, 0) is 51.8 Å². The summed E-state index contributed by atoms with van der Waals surface area (Å²) in [6, 6.07) is 5.77. The predicted octanol–water partition coefficient (Wildman–Crippen LogP) is 3.45. The van der Waals surface area contributed by atoms with E-state index in [9.17, 15) is 0 Å². The van der Waals surface area contributed by atoms with E-state index in [1.165, 1.54) is 0 Å². The Balaban J connectivity index is 0.00000576. The van der Waals surface area contributed by atoms with Gasteiger partial charge in [0, 0.05) is 30.2 Å². The Bertz CT molecular complexity index is 532. The van der Waals surface area contributed by atoms with Crippen LogP contribution in [0.1, 0.15) is 33.3 Å². The summed E-state index contributed by atoms with van der Waals surface area (Å²) in [6.45, 7) is 11.7. The number of hydrogen-bond donors (Lipinski definition) is 3. The van der Waals surface area contributed by atoms with Gasteiger partial charge >= 0.3 is 0 Å². The molecule has 0 saturated carbocycles. The largest absolute Gasteiger partial charge is 0.497 e. The standard InChI is InChI=1S/C18H31ClN4O.HI/c1-6-20-17(22-11-12-23-18(2,3)4)21-10-9-14-7-8-15(24-5)13-16(14)19;/h7-8,13,23H,6,9-12H2,1-5H3,(H2,20,21,22);1H. The summed E-state index contributed by atoms with van der Waals surface area (Å²) in [5.41, 5.74) is 1.21. The van der Waals surface area contributed by atoms with Gasteiger partial charge in [0.05, 0.1) is 13.7 Å². The SMILES string of the molecule is CCNC(=NCCNC(C)(C)C)NCCc1ccc(OC)cc1Cl.I. The third-order valence-corrected chi connectivity index (χ3v) is 3.68. The highest BCUT2D eigenvalue weighted by Gasteiger charge is 2.07. The zero-order valence-corrected chi connectivity index (χ0v) is 19.0. The molecule has 144 valence electrons. The van der Waals surface area contributed by atoms with Crippen molar-refractivity contribution in [1.29, 1.82) is 0 Å². The molecule has 0 radical (unpaired) electrons. The van der Waals surface area contributed by atoms with E-state index in [-0.39, 0.29) is 29.5 Å². The average Bonchev–Trinajstić information content (AvgIpc) is 2.52. The van der Waals surface area contributed by atoms with Gasteiger partial charge in [-0.25, -0.2) is 0 Å². The van der Waals surface area contributed by atoms with Crippen LogP contribution in [0, 0.1) is 0 Å². The van der Waals surface area contributed by atoms with Gasteiger partial charge in [0.15, 0.2) is 5.96 Å². The zero-order chi connectivity index (χ0) is 18.0. The Labute approximate surface area is 174 Å². The van der Waals surface area contributed by atoms with Crippen LogP contribution < -0.4 is 20.7 Å². The van der Waals surface area contributed by atoms with Crippen molar-refractivity contribution in [2.24, 2.45) is 4.99 Å². The quantitative estimate of drug-likeness (QED) is 0.230. The molecule has 0 amide bonds. The van der Waals surface area contributed by atoms with Crippen LogP contribution in [0.15, 0.2) is 23.2 Å². The van der Waals surface area contributed by atoms with Crippen LogP contribution in [0.25, 0.3) is 0 Å². The fourth-order valence-corrected chi connectivity index (χ4v) is 2.38. The first-order valence-corrected chi connectivity index (χ1v) is 8.83. The Hall–Kier alpha value is -0.730. The van der Waals surface area contributed by atoms with Crippen LogP contribution in [0.2, 0.25) is 5.02 Å². The van der Waals surface area contributed by atoms with E-state index in [2.05, 4.69) is 48.6 Å². The van der Waals surface area contributed by atoms with E-state index >= 15 is 0 Å². The summed E-state index contributed by atoms with van der Waals surface area (Å²) in [4.78, 5) is 4.58. The number of methoxy groups -OCH3 is 1. The van der Waals surface area contributed by atoms with Gasteiger partial charge in [0.1, 0.15) is 5.75 Å². The van der Waals surface area contributed by atoms with Gasteiger partial charge in [-0.15, -0.1) is 24.0 Å². The highest BCUT2D eigenvalue weighted by molar-refractivity contribution is 14.0. The molecule has 0 aromatic heterocycles. The monoisotopic (exact) mass is 482 g/mol. The van der Waals surface area contributed by atoms with Crippen molar-refractivity contribution in [3.63, 3.8) is 0 Å². The molecule has 0 aliphatic carbocycles. The van der Waals surface area contributed by atoms with Crippen molar-refractivity contribution in [3.8, 4) is 5.75 Å². The second-order valence-electron chi connectivity index (χ2n) is 6.57. The molecule has 1 aromatic rings. The summed E-state index contributed by atoms with van der Waals surface area (Å²) < 4.78 is 5.17. The van der Waals surface area contributed by atoms with E-state index in [1.54, 1.807) is 7.11 Å². The Morgan fingerprint density at radius 3 is 2.48 bits per heavy atom. The Morgan fingerprint density at radius 1 is 1.20 bits per heavy atom. The van der Waals surface area contributed by atoms with Gasteiger partial charge in [0.2, 0.25) is 0 Å². The fraction of sp³-hybridized carbons (Fsp3) is 0.611. The molecule has 0 spiro atoms. The number of rotatable bonds is 8. The number of nitrogens with zero attached hydrogens (tertiary/aromatic N) is 1. The van der Waals surface area contributed by atoms with Crippen molar-refractivity contribution in [1.82, 2.24) is 16.0 Å². The van der Waals surface area contributed by atoms with Gasteiger partial charge in [-0.2, -0.15) is 0 Å². The maximum atomic E-state index is 6.27. The van der Waals surface area contributed by atoms with Crippen molar-refractivity contribution in [3.05, 3.63) is 28.8 Å². The lowest BCUT2D eigenvalue weighted by Gasteiger charge is -2.20. The minimum absolute atomic E-state index is 0. The average molecular weight is 483 g/mol. The van der Waals surface area contributed by atoms with E-state index in [0.29, 0.717) is 0 Å². The van der Waals surface area contributed by atoms with E-state index < -0.39 is 0 Å². The van der Waals surface area contributed by atoms with Gasteiger partial charge < -0.3 is 20.7 Å². The van der Waals surface area contributed by atoms with Crippen molar-refractivity contribution >= 4 is 41.5 Å². The maximum Gasteiger partial charge on any atom is 0.191 e. The first kappa shape index (κ1) is 24.3. The summed E-state index contributed by atoms with van der Waals surface area (Å²) in [5.74, 6) is 1.61. The second-order valence-corrected chi connectivity index (χ2v) is 6.98. The molecule has 0 aliphatic heterocycles. The number of guanidine groups is 1. The molecule has 0 atom stereocenters. The van der Waals surface area contributed by atoms with Crippen LogP contribution in [-0.2, 0) is 6.42 Å². The molecule has 0 saturated heterocycles. The topological polar surface area (TPSA) is 57.7 Å². The van der Waals surface area contributed by atoms with Crippen molar-refractivity contribution in [2.75, 3.05) is 33.3 Å². The van der Waals surface area contributed by atoms with Crippen LogP contribution in [-0.4, -0.2) is 44.8 Å². The molecule has 0 unspecified atom stereocenters. The number of nitrogens with one attached hydrogen (secondary N) is 3. The fourth-order valence-electron chi connectivity index (χ4n) is 2.11. The molecule has 0 fully saturated rings. The second kappa shape index (κ2) is 12.6. The van der Waals surface area contributed by atoms with Gasteiger partial charge in [-0.1, -0.05) is 17.7 Å². The van der Waals surface area contributed by atoms with Crippen molar-refractivity contribution < 1.29 is 4.74 Å². The minimum Gasteiger partial charge on any atom is -0.497 e. The molecule has 1 aromatic carbocycles. The molecule has 25 heavy (non-hydrogen) atoms. The summed E-state index contributed by atoms with van der Waals surface area (Å²) >= 11 is 6.27. The maximum absolute atomic E-state index is 6.27. The van der Waals surface area contributed by atoms with Gasteiger partial charge in [-0.3, -0.25) is 4.99 Å². The van der Waals surface area contributed by atoms with Crippen molar-refractivity contribution in [2.45, 2.75) is 39.7 Å². The number of ether oxygens (including phenoxy) is 1. The third-order valence-electron chi connectivity index (χ3n) is 3.33. The molecule has 0 bridgehead atoms. The highest BCUT2D eigenvalue weighted by atomic mass is 127.